The highest BCUT2D eigenvalue weighted by Gasteiger charge is 2.23. The molecule has 2 aromatic rings. The number of nitrogens with zero attached hydrogens (tertiary/aromatic N) is 2. The fourth-order valence-corrected chi connectivity index (χ4v) is 4.13. The summed E-state index contributed by atoms with van der Waals surface area (Å²) >= 11 is 7.11. The van der Waals surface area contributed by atoms with Crippen molar-refractivity contribution in [3.8, 4) is 17.9 Å². The zero-order valence-corrected chi connectivity index (χ0v) is 19.2. The molecule has 1 aromatic heterocycles. The van der Waals surface area contributed by atoms with E-state index in [1.165, 1.54) is 6.08 Å². The van der Waals surface area contributed by atoms with Crippen LogP contribution in [0.25, 0.3) is 6.08 Å². The monoisotopic (exact) mass is 456 g/mol. The molecule has 0 fully saturated rings. The second-order valence-corrected chi connectivity index (χ2v) is 8.35. The summed E-state index contributed by atoms with van der Waals surface area (Å²) in [5.41, 5.74) is 1.12. The Hall–Kier alpha value is -3.13. The number of benzene rings is 1. The maximum Gasteiger partial charge on any atom is 0.348 e. The second-order valence-electron chi connectivity index (χ2n) is 6.81. The summed E-state index contributed by atoms with van der Waals surface area (Å²) in [6.07, 6.45) is 1.13. The molecule has 31 heavy (non-hydrogen) atoms. The van der Waals surface area contributed by atoms with Crippen LogP contribution in [0.2, 0.25) is 5.02 Å². The molecule has 0 saturated carbocycles. The lowest BCUT2D eigenvalue weighted by Gasteiger charge is -2.13. The van der Waals surface area contributed by atoms with Gasteiger partial charge >= 0.3 is 5.97 Å². The Bertz CT molecular complexity index is 1120. The normalized spacial score (nSPS) is 11.0. The van der Waals surface area contributed by atoms with Crippen molar-refractivity contribution in [2.75, 3.05) is 6.61 Å². The van der Waals surface area contributed by atoms with Crippen LogP contribution in [0.1, 0.15) is 52.0 Å². The van der Waals surface area contributed by atoms with Crippen molar-refractivity contribution >= 4 is 40.8 Å². The SMILES string of the molecule is CCOC(=O)c1sc(CC(=O)/C(C#N)=C\c2cc(Cl)ccc2OC(C)C)c(C#N)c1C. The van der Waals surface area contributed by atoms with E-state index >= 15 is 0 Å². The number of carbonyl (C=O) groups excluding carboxylic acids is 2. The fraction of sp³-hybridized carbons (Fsp3) is 0.304. The first-order valence-corrected chi connectivity index (χ1v) is 10.7. The number of thiophene rings is 1. The van der Waals surface area contributed by atoms with Gasteiger partial charge in [-0.3, -0.25) is 4.79 Å². The van der Waals surface area contributed by atoms with Crippen molar-refractivity contribution < 1.29 is 19.1 Å². The van der Waals surface area contributed by atoms with Gasteiger partial charge in [-0.05, 0) is 57.5 Å². The minimum atomic E-state index is -0.536. The van der Waals surface area contributed by atoms with Crippen LogP contribution in [-0.4, -0.2) is 24.5 Å². The summed E-state index contributed by atoms with van der Waals surface area (Å²) < 4.78 is 10.7. The minimum absolute atomic E-state index is 0.108. The topological polar surface area (TPSA) is 100 Å². The van der Waals surface area contributed by atoms with E-state index in [0.29, 0.717) is 26.8 Å². The van der Waals surface area contributed by atoms with E-state index in [1.54, 1.807) is 32.0 Å². The van der Waals surface area contributed by atoms with E-state index in [0.717, 1.165) is 11.3 Å². The average molecular weight is 457 g/mol. The number of esters is 1. The third-order valence-corrected chi connectivity index (χ3v) is 5.68. The van der Waals surface area contributed by atoms with E-state index in [2.05, 4.69) is 0 Å². The lowest BCUT2D eigenvalue weighted by Crippen LogP contribution is -2.08. The van der Waals surface area contributed by atoms with Gasteiger partial charge in [0, 0.05) is 21.9 Å². The lowest BCUT2D eigenvalue weighted by atomic mass is 10.0. The third kappa shape index (κ3) is 5.95. The van der Waals surface area contributed by atoms with Gasteiger partial charge in [0.2, 0.25) is 0 Å². The number of hydrogen-bond donors (Lipinski definition) is 0. The standard InChI is InChI=1S/C23H21ClN2O4S/c1-5-29-23(28)22-14(4)18(12-26)21(31-22)10-19(27)16(11-25)8-15-9-17(24)6-7-20(15)30-13(2)3/h6-9,13H,5,10H2,1-4H3/b16-8-. The van der Waals surface area contributed by atoms with E-state index in [9.17, 15) is 20.1 Å². The largest absolute Gasteiger partial charge is 0.490 e. The Balaban J connectivity index is 2.40. The Morgan fingerprint density at radius 3 is 2.58 bits per heavy atom. The number of hydrogen-bond acceptors (Lipinski definition) is 7. The smallest absolute Gasteiger partial charge is 0.348 e. The van der Waals surface area contributed by atoms with Crippen molar-refractivity contribution in [2.24, 2.45) is 0 Å². The summed E-state index contributed by atoms with van der Waals surface area (Å²) in [5.74, 6) is -0.522. The second kappa shape index (κ2) is 10.8. The van der Waals surface area contributed by atoms with Gasteiger partial charge in [0.05, 0.1) is 23.8 Å². The van der Waals surface area contributed by atoms with Crippen LogP contribution in [-0.2, 0) is 16.0 Å². The number of allylic oxidation sites excluding steroid dienone is 1. The highest BCUT2D eigenvalue weighted by molar-refractivity contribution is 7.14. The van der Waals surface area contributed by atoms with Gasteiger partial charge in [0.15, 0.2) is 5.78 Å². The Kier molecular flexibility index (Phi) is 8.38. The molecule has 0 amide bonds. The maximum absolute atomic E-state index is 12.9. The number of halogens is 1. The van der Waals surface area contributed by atoms with Crippen molar-refractivity contribution in [1.29, 1.82) is 10.5 Å². The highest BCUT2D eigenvalue weighted by Crippen LogP contribution is 2.30. The summed E-state index contributed by atoms with van der Waals surface area (Å²) in [6.45, 7) is 7.25. The molecule has 0 saturated heterocycles. The molecular formula is C23H21ClN2O4S. The molecule has 0 radical (unpaired) electrons. The molecule has 0 bridgehead atoms. The average Bonchev–Trinajstić information content (AvgIpc) is 3.02. The first-order chi connectivity index (χ1) is 14.7. The Morgan fingerprint density at radius 1 is 1.29 bits per heavy atom. The van der Waals surface area contributed by atoms with Gasteiger partial charge in [-0.15, -0.1) is 11.3 Å². The lowest BCUT2D eigenvalue weighted by molar-refractivity contribution is -0.114. The summed E-state index contributed by atoms with van der Waals surface area (Å²) in [6, 6.07) is 8.91. The van der Waals surface area contributed by atoms with Gasteiger partial charge in [-0.25, -0.2) is 4.79 Å². The zero-order valence-electron chi connectivity index (χ0n) is 17.6. The van der Waals surface area contributed by atoms with Crippen LogP contribution in [0.3, 0.4) is 0 Å². The van der Waals surface area contributed by atoms with Gasteiger partial charge in [-0.2, -0.15) is 10.5 Å². The van der Waals surface area contributed by atoms with Crippen molar-refractivity contribution in [1.82, 2.24) is 0 Å². The third-order valence-electron chi connectivity index (χ3n) is 4.17. The first-order valence-electron chi connectivity index (χ1n) is 9.52. The molecule has 6 nitrogen and oxygen atoms in total. The van der Waals surface area contributed by atoms with Crippen LogP contribution >= 0.6 is 22.9 Å². The highest BCUT2D eigenvalue weighted by atomic mass is 35.5. The summed E-state index contributed by atoms with van der Waals surface area (Å²) in [7, 11) is 0. The van der Waals surface area contributed by atoms with Crippen LogP contribution in [0.4, 0.5) is 0 Å². The molecular weight excluding hydrogens is 436 g/mol. The maximum atomic E-state index is 12.9. The summed E-state index contributed by atoms with van der Waals surface area (Å²) in [5, 5.41) is 19.5. The number of nitriles is 2. The molecule has 0 aliphatic rings. The molecule has 0 atom stereocenters. The molecule has 1 aromatic carbocycles. The van der Waals surface area contributed by atoms with Crippen molar-refractivity contribution in [3.63, 3.8) is 0 Å². The zero-order chi connectivity index (χ0) is 23.1. The van der Waals surface area contributed by atoms with Crippen molar-refractivity contribution in [3.05, 3.63) is 55.2 Å². The molecule has 0 aliphatic carbocycles. The molecule has 0 unspecified atom stereocenters. The molecule has 0 aliphatic heterocycles. The Morgan fingerprint density at radius 2 is 2.00 bits per heavy atom. The summed E-state index contributed by atoms with van der Waals surface area (Å²) in [4.78, 5) is 25.7. The van der Waals surface area contributed by atoms with E-state index in [-0.39, 0.29) is 35.1 Å². The van der Waals surface area contributed by atoms with Gasteiger partial charge in [-0.1, -0.05) is 11.6 Å². The van der Waals surface area contributed by atoms with Crippen LogP contribution < -0.4 is 4.74 Å². The van der Waals surface area contributed by atoms with E-state index in [4.69, 9.17) is 21.1 Å². The molecule has 160 valence electrons. The first kappa shape index (κ1) is 24.1. The molecule has 2 rings (SSSR count). The van der Waals surface area contributed by atoms with Crippen LogP contribution in [0.15, 0.2) is 23.8 Å². The van der Waals surface area contributed by atoms with Gasteiger partial charge in [0.25, 0.3) is 0 Å². The molecule has 8 heteroatoms. The Labute approximate surface area is 190 Å². The quantitative estimate of drug-likeness (QED) is 0.305. The number of ether oxygens (including phenoxy) is 2. The predicted octanol–water partition coefficient (Wildman–Crippen LogP) is 5.26. The fourth-order valence-electron chi connectivity index (χ4n) is 2.80. The predicted molar refractivity (Wildman–Crippen MR) is 119 cm³/mol. The number of Topliss-reactive ketones (excluding diaryl/α,β-unsaturated/α-hetero) is 1. The minimum Gasteiger partial charge on any atom is -0.490 e. The number of rotatable bonds is 8. The van der Waals surface area contributed by atoms with Crippen molar-refractivity contribution in [2.45, 2.75) is 40.2 Å². The van der Waals surface area contributed by atoms with E-state index in [1.807, 2.05) is 26.0 Å². The van der Waals surface area contributed by atoms with E-state index < -0.39 is 11.8 Å². The van der Waals surface area contributed by atoms with Crippen LogP contribution in [0.5, 0.6) is 5.75 Å². The van der Waals surface area contributed by atoms with Gasteiger partial charge < -0.3 is 9.47 Å². The van der Waals surface area contributed by atoms with Gasteiger partial charge in [0.1, 0.15) is 22.8 Å². The molecule has 1 heterocycles. The number of ketones is 1. The number of carbonyl (C=O) groups is 2. The molecule has 0 spiro atoms. The molecule has 0 N–H and O–H groups in total. The van der Waals surface area contributed by atoms with Crippen LogP contribution in [0, 0.1) is 29.6 Å².